The van der Waals surface area contributed by atoms with E-state index in [1.54, 1.807) is 6.20 Å². The highest BCUT2D eigenvalue weighted by Crippen LogP contribution is 2.19. The third-order valence-electron chi connectivity index (χ3n) is 7.31. The summed E-state index contributed by atoms with van der Waals surface area (Å²) in [5, 5.41) is 3.54. The summed E-state index contributed by atoms with van der Waals surface area (Å²) in [4.78, 5) is 24.2. The molecule has 3 heterocycles. The first-order valence-corrected chi connectivity index (χ1v) is 13.1. The molecule has 1 aromatic heterocycles. The summed E-state index contributed by atoms with van der Waals surface area (Å²) in [6.45, 7) is 6.73. The van der Waals surface area contributed by atoms with Gasteiger partial charge in [-0.15, -0.1) is 0 Å². The molecule has 1 amide bonds. The van der Waals surface area contributed by atoms with E-state index in [1.807, 2.05) is 41.3 Å². The van der Waals surface area contributed by atoms with Crippen LogP contribution in [0.25, 0.3) is 0 Å². The first kappa shape index (κ1) is 25.2. The number of pyridine rings is 1. The highest BCUT2D eigenvalue weighted by Gasteiger charge is 2.23. The summed E-state index contributed by atoms with van der Waals surface area (Å²) >= 11 is 0. The van der Waals surface area contributed by atoms with Crippen molar-refractivity contribution >= 4 is 17.4 Å². The number of halogens is 1. The standard InChI is InChI=1S/C29H35FN6O/c30-25-6-1-22(2-7-25)21-35-15-17-36(18-16-35)29(37)24-5-10-28(32-19-24)33-27-11-13-34(14-12-27)20-23-3-8-26(31)9-4-23/h1-10,19,27H,11-18,20-21,31H2,(H,32,33). The van der Waals surface area contributed by atoms with Gasteiger partial charge in [0.05, 0.1) is 5.56 Å². The Morgan fingerprint density at radius 2 is 1.43 bits per heavy atom. The number of piperidine rings is 1. The molecule has 2 aliphatic rings. The van der Waals surface area contributed by atoms with Crippen LogP contribution in [0.2, 0.25) is 0 Å². The number of rotatable bonds is 7. The van der Waals surface area contributed by atoms with Crippen LogP contribution < -0.4 is 11.1 Å². The van der Waals surface area contributed by atoms with Gasteiger partial charge in [-0.2, -0.15) is 0 Å². The molecule has 37 heavy (non-hydrogen) atoms. The minimum absolute atomic E-state index is 0.0245. The molecule has 2 aliphatic heterocycles. The van der Waals surface area contributed by atoms with Gasteiger partial charge < -0.3 is 16.0 Å². The SMILES string of the molecule is Nc1ccc(CN2CCC(Nc3ccc(C(=O)N4CCN(Cc5ccc(F)cc5)CC4)cn3)CC2)cc1. The molecule has 5 rings (SSSR count). The number of carbonyl (C=O) groups is 1. The van der Waals surface area contributed by atoms with Gasteiger partial charge in [0.2, 0.25) is 0 Å². The van der Waals surface area contributed by atoms with Gasteiger partial charge in [-0.25, -0.2) is 9.37 Å². The highest BCUT2D eigenvalue weighted by molar-refractivity contribution is 5.94. The van der Waals surface area contributed by atoms with Crippen molar-refractivity contribution in [1.82, 2.24) is 19.7 Å². The molecule has 2 saturated heterocycles. The van der Waals surface area contributed by atoms with E-state index < -0.39 is 0 Å². The molecule has 3 N–H and O–H groups in total. The molecular weight excluding hydrogens is 467 g/mol. The lowest BCUT2D eigenvalue weighted by atomic mass is 10.0. The number of nitrogens with zero attached hydrogens (tertiary/aromatic N) is 4. The Balaban J connectivity index is 1.05. The van der Waals surface area contributed by atoms with E-state index in [9.17, 15) is 9.18 Å². The number of nitrogen functional groups attached to an aromatic ring is 1. The van der Waals surface area contributed by atoms with Crippen LogP contribution >= 0.6 is 0 Å². The van der Waals surface area contributed by atoms with Crippen molar-refractivity contribution in [3.8, 4) is 0 Å². The second kappa shape index (κ2) is 11.7. The lowest BCUT2D eigenvalue weighted by Crippen LogP contribution is -2.48. The molecular formula is C29H35FN6O. The topological polar surface area (TPSA) is 77.7 Å². The lowest BCUT2D eigenvalue weighted by molar-refractivity contribution is 0.0628. The molecule has 2 aromatic carbocycles. The maximum absolute atomic E-state index is 13.1. The van der Waals surface area contributed by atoms with Crippen LogP contribution in [0.1, 0.15) is 34.3 Å². The van der Waals surface area contributed by atoms with Crippen molar-refractivity contribution in [2.75, 3.05) is 50.3 Å². The van der Waals surface area contributed by atoms with Crippen LogP contribution in [-0.4, -0.2) is 70.9 Å². The number of hydrogen-bond acceptors (Lipinski definition) is 6. The minimum Gasteiger partial charge on any atom is -0.399 e. The highest BCUT2D eigenvalue weighted by atomic mass is 19.1. The molecule has 2 fully saturated rings. The van der Waals surface area contributed by atoms with Crippen molar-refractivity contribution in [1.29, 1.82) is 0 Å². The molecule has 0 unspecified atom stereocenters. The molecule has 194 valence electrons. The second-order valence-corrected chi connectivity index (χ2v) is 10.1. The van der Waals surface area contributed by atoms with Gasteiger partial charge in [0.15, 0.2) is 0 Å². The Morgan fingerprint density at radius 3 is 2.03 bits per heavy atom. The zero-order chi connectivity index (χ0) is 25.6. The molecule has 0 bridgehead atoms. The molecule has 0 spiro atoms. The van der Waals surface area contributed by atoms with Gasteiger partial charge in [0.1, 0.15) is 11.6 Å². The molecule has 0 radical (unpaired) electrons. The van der Waals surface area contributed by atoms with Gasteiger partial charge in [-0.1, -0.05) is 24.3 Å². The van der Waals surface area contributed by atoms with Gasteiger partial charge in [0, 0.05) is 70.3 Å². The Hall–Kier alpha value is -3.49. The second-order valence-electron chi connectivity index (χ2n) is 10.1. The van der Waals surface area contributed by atoms with E-state index in [1.165, 1.54) is 17.7 Å². The van der Waals surface area contributed by atoms with Crippen LogP contribution in [-0.2, 0) is 13.1 Å². The Labute approximate surface area is 218 Å². The van der Waals surface area contributed by atoms with Crippen molar-refractivity contribution < 1.29 is 9.18 Å². The molecule has 0 saturated carbocycles. The summed E-state index contributed by atoms with van der Waals surface area (Å²) in [6.07, 6.45) is 3.80. The summed E-state index contributed by atoms with van der Waals surface area (Å²) in [5.74, 6) is 0.624. The fraction of sp³-hybridized carbons (Fsp3) is 0.379. The molecule has 7 nitrogen and oxygen atoms in total. The van der Waals surface area contributed by atoms with Crippen LogP contribution in [0.15, 0.2) is 66.9 Å². The number of nitrogens with one attached hydrogen (secondary N) is 1. The van der Waals surface area contributed by atoms with E-state index in [2.05, 4.69) is 32.2 Å². The number of amides is 1. The fourth-order valence-electron chi connectivity index (χ4n) is 5.07. The zero-order valence-corrected chi connectivity index (χ0v) is 21.2. The summed E-state index contributed by atoms with van der Waals surface area (Å²) in [6, 6.07) is 18.9. The summed E-state index contributed by atoms with van der Waals surface area (Å²) in [5.41, 5.74) is 9.58. The van der Waals surface area contributed by atoms with Crippen molar-refractivity contribution in [2.45, 2.75) is 32.0 Å². The molecule has 3 aromatic rings. The van der Waals surface area contributed by atoms with Crippen LogP contribution in [0.3, 0.4) is 0 Å². The van der Waals surface area contributed by atoms with Gasteiger partial charge >= 0.3 is 0 Å². The van der Waals surface area contributed by atoms with E-state index in [4.69, 9.17) is 5.73 Å². The van der Waals surface area contributed by atoms with E-state index in [-0.39, 0.29) is 11.7 Å². The van der Waals surface area contributed by atoms with Crippen molar-refractivity contribution in [2.24, 2.45) is 0 Å². The normalized spacial score (nSPS) is 17.6. The third-order valence-corrected chi connectivity index (χ3v) is 7.31. The molecule has 0 atom stereocenters. The van der Waals surface area contributed by atoms with Crippen molar-refractivity contribution in [3.05, 3.63) is 89.4 Å². The Bertz CT molecular complexity index is 1150. The van der Waals surface area contributed by atoms with Crippen molar-refractivity contribution in [3.63, 3.8) is 0 Å². The largest absolute Gasteiger partial charge is 0.399 e. The fourth-order valence-corrected chi connectivity index (χ4v) is 5.07. The van der Waals surface area contributed by atoms with Gasteiger partial charge in [-0.3, -0.25) is 14.6 Å². The minimum atomic E-state index is -0.218. The number of likely N-dealkylation sites (tertiary alicyclic amines) is 1. The van der Waals surface area contributed by atoms with Gasteiger partial charge in [0.25, 0.3) is 5.91 Å². The smallest absolute Gasteiger partial charge is 0.255 e. The average Bonchev–Trinajstić information content (AvgIpc) is 2.93. The number of benzene rings is 2. The van der Waals surface area contributed by atoms with Crippen LogP contribution in [0.5, 0.6) is 0 Å². The monoisotopic (exact) mass is 502 g/mol. The number of piperazine rings is 1. The zero-order valence-electron chi connectivity index (χ0n) is 21.2. The third kappa shape index (κ3) is 6.84. The van der Waals surface area contributed by atoms with E-state index in [0.29, 0.717) is 24.7 Å². The Kier molecular flexibility index (Phi) is 7.96. The summed E-state index contributed by atoms with van der Waals surface area (Å²) in [7, 11) is 0. The quantitative estimate of drug-likeness (QED) is 0.478. The number of nitrogens with two attached hydrogens (primary N) is 1. The maximum atomic E-state index is 13.1. The molecule has 0 aliphatic carbocycles. The van der Waals surface area contributed by atoms with Crippen LogP contribution in [0, 0.1) is 5.82 Å². The number of aromatic nitrogens is 1. The summed E-state index contributed by atoms with van der Waals surface area (Å²) < 4.78 is 13.1. The Morgan fingerprint density at radius 1 is 0.838 bits per heavy atom. The maximum Gasteiger partial charge on any atom is 0.255 e. The lowest BCUT2D eigenvalue weighted by Gasteiger charge is -2.34. The van der Waals surface area contributed by atoms with Gasteiger partial charge in [-0.05, 0) is 60.4 Å². The van der Waals surface area contributed by atoms with E-state index >= 15 is 0 Å². The van der Waals surface area contributed by atoms with E-state index in [0.717, 1.165) is 69.2 Å². The number of hydrogen-bond donors (Lipinski definition) is 2. The average molecular weight is 503 g/mol. The number of carbonyl (C=O) groups excluding carboxylic acids is 1. The number of anilines is 2. The first-order chi connectivity index (χ1) is 18.0. The first-order valence-electron chi connectivity index (χ1n) is 13.1. The predicted octanol–water partition coefficient (Wildman–Crippen LogP) is 3.84. The van der Waals surface area contributed by atoms with Crippen LogP contribution in [0.4, 0.5) is 15.9 Å². The molecule has 8 heteroatoms. The predicted molar refractivity (Wildman–Crippen MR) is 145 cm³/mol.